The van der Waals surface area contributed by atoms with Gasteiger partial charge in [-0.15, -0.1) is 6.58 Å². The summed E-state index contributed by atoms with van der Waals surface area (Å²) in [5.41, 5.74) is 0. The van der Waals surface area contributed by atoms with Gasteiger partial charge in [0.1, 0.15) is 0 Å². The molecule has 43 heavy (non-hydrogen) atoms. The van der Waals surface area contributed by atoms with Gasteiger partial charge in [0.05, 0.1) is 171 Å². The summed E-state index contributed by atoms with van der Waals surface area (Å²) in [6, 6.07) is 0. The second-order valence-corrected chi connectivity index (χ2v) is 9.02. The highest BCUT2D eigenvalue weighted by atomic mass is 16.6. The molecule has 0 spiro atoms. The van der Waals surface area contributed by atoms with Crippen LogP contribution in [0.1, 0.15) is 13.8 Å². The van der Waals surface area contributed by atoms with Crippen LogP contribution in [0.2, 0.25) is 0 Å². The van der Waals surface area contributed by atoms with Gasteiger partial charge >= 0.3 is 0 Å². The summed E-state index contributed by atoms with van der Waals surface area (Å²) in [6.45, 7) is 20.9. The molecule has 0 atom stereocenters. The summed E-state index contributed by atoms with van der Waals surface area (Å²) in [4.78, 5) is 0. The Hall–Kier alpha value is -0.780. The molecule has 0 unspecified atom stereocenters. The molecule has 0 rings (SSSR count). The molecule has 13 nitrogen and oxygen atoms in total. The SMILES string of the molecule is C=CCOCCOCCOCCOCCOCCOCCOCCOCCOCCOCCOCCOCCOC(C)C. The third-order valence-electron chi connectivity index (χ3n) is 5.01. The lowest BCUT2D eigenvalue weighted by molar-refractivity contribution is -0.0297. The van der Waals surface area contributed by atoms with Crippen LogP contribution in [0, 0.1) is 0 Å². The Bertz CT molecular complexity index is 514. The van der Waals surface area contributed by atoms with E-state index in [1.165, 1.54) is 0 Å². The fraction of sp³-hybridized carbons (Fsp3) is 0.933. The van der Waals surface area contributed by atoms with Crippen LogP contribution in [0.15, 0.2) is 12.7 Å². The van der Waals surface area contributed by atoms with E-state index < -0.39 is 0 Å². The van der Waals surface area contributed by atoms with Gasteiger partial charge in [0.15, 0.2) is 0 Å². The van der Waals surface area contributed by atoms with Crippen LogP contribution in [0.4, 0.5) is 0 Å². The van der Waals surface area contributed by atoms with E-state index in [0.717, 1.165) is 0 Å². The van der Waals surface area contributed by atoms with E-state index in [1.54, 1.807) is 6.08 Å². The minimum atomic E-state index is 0.231. The van der Waals surface area contributed by atoms with Crippen LogP contribution in [0.5, 0.6) is 0 Å². The molecule has 13 heteroatoms. The van der Waals surface area contributed by atoms with Gasteiger partial charge < -0.3 is 61.6 Å². The van der Waals surface area contributed by atoms with Crippen molar-refractivity contribution < 1.29 is 61.6 Å². The molecular formula is C30H60O13. The zero-order valence-corrected chi connectivity index (χ0v) is 26.8. The first-order valence-corrected chi connectivity index (χ1v) is 15.4. The second kappa shape index (κ2) is 39.2. The van der Waals surface area contributed by atoms with Crippen molar-refractivity contribution in [3.63, 3.8) is 0 Å². The summed E-state index contributed by atoms with van der Waals surface area (Å²) in [5, 5.41) is 0. The van der Waals surface area contributed by atoms with Gasteiger partial charge in [-0.2, -0.15) is 0 Å². The van der Waals surface area contributed by atoms with E-state index in [2.05, 4.69) is 6.58 Å². The van der Waals surface area contributed by atoms with Gasteiger partial charge in [-0.25, -0.2) is 0 Å². The Morgan fingerprint density at radius 1 is 0.326 bits per heavy atom. The van der Waals surface area contributed by atoms with Crippen LogP contribution < -0.4 is 0 Å². The number of ether oxygens (including phenoxy) is 13. The summed E-state index contributed by atoms with van der Waals surface area (Å²) >= 11 is 0. The highest BCUT2D eigenvalue weighted by Crippen LogP contribution is 1.89. The first-order valence-electron chi connectivity index (χ1n) is 15.4. The molecule has 0 aromatic rings. The molecule has 0 bridgehead atoms. The van der Waals surface area contributed by atoms with Crippen molar-refractivity contribution in [1.29, 1.82) is 0 Å². The second-order valence-electron chi connectivity index (χ2n) is 9.02. The Morgan fingerprint density at radius 3 is 0.698 bits per heavy atom. The molecule has 0 radical (unpaired) electrons. The monoisotopic (exact) mass is 628 g/mol. The molecule has 0 saturated carbocycles. The molecule has 0 aromatic heterocycles. The van der Waals surface area contributed by atoms with E-state index in [-0.39, 0.29) is 6.10 Å². The van der Waals surface area contributed by atoms with Gasteiger partial charge in [-0.05, 0) is 13.8 Å². The number of hydrogen-bond donors (Lipinski definition) is 0. The highest BCUT2D eigenvalue weighted by Gasteiger charge is 1.97. The highest BCUT2D eigenvalue weighted by molar-refractivity contribution is 4.63. The molecule has 0 heterocycles. The Morgan fingerprint density at radius 2 is 0.512 bits per heavy atom. The largest absolute Gasteiger partial charge is 0.377 e. The minimum Gasteiger partial charge on any atom is -0.377 e. The first kappa shape index (κ1) is 42.2. The molecule has 0 fully saturated rings. The maximum Gasteiger partial charge on any atom is 0.0704 e. The molecular weight excluding hydrogens is 568 g/mol. The lowest BCUT2D eigenvalue weighted by Gasteiger charge is -2.09. The maximum absolute atomic E-state index is 5.47. The number of hydrogen-bond acceptors (Lipinski definition) is 13. The van der Waals surface area contributed by atoms with Crippen molar-refractivity contribution in [2.45, 2.75) is 20.0 Å². The third kappa shape index (κ3) is 41.2. The van der Waals surface area contributed by atoms with Crippen LogP contribution in [-0.4, -0.2) is 171 Å². The quantitative estimate of drug-likeness (QED) is 0.0728. The predicted molar refractivity (Wildman–Crippen MR) is 161 cm³/mol. The summed E-state index contributed by atoms with van der Waals surface area (Å²) in [7, 11) is 0. The topological polar surface area (TPSA) is 120 Å². The fourth-order valence-corrected chi connectivity index (χ4v) is 2.93. The molecule has 0 aliphatic rings. The van der Waals surface area contributed by atoms with Gasteiger partial charge in [0, 0.05) is 0 Å². The van der Waals surface area contributed by atoms with Crippen molar-refractivity contribution in [3.05, 3.63) is 12.7 Å². The molecule has 0 N–H and O–H groups in total. The van der Waals surface area contributed by atoms with E-state index >= 15 is 0 Å². The lowest BCUT2D eigenvalue weighted by Crippen LogP contribution is -2.15. The third-order valence-corrected chi connectivity index (χ3v) is 5.01. The van der Waals surface area contributed by atoms with Crippen molar-refractivity contribution in [1.82, 2.24) is 0 Å². The average molecular weight is 629 g/mol. The average Bonchev–Trinajstić information content (AvgIpc) is 3.00. The summed E-state index contributed by atoms with van der Waals surface area (Å²) in [5.74, 6) is 0. The standard InChI is InChI=1S/C30H60O13/c1-4-5-31-6-7-32-8-9-33-10-11-34-12-13-35-14-15-36-16-17-37-18-19-38-20-21-39-22-23-40-24-25-41-26-27-42-28-29-43-30(2)3/h4,30H,1,5-29H2,2-3H3. The van der Waals surface area contributed by atoms with Crippen LogP contribution in [0.25, 0.3) is 0 Å². The summed E-state index contributed by atoms with van der Waals surface area (Å²) < 4.78 is 70.5. The number of rotatable bonds is 39. The predicted octanol–water partition coefficient (Wildman–Crippen LogP) is 1.80. The van der Waals surface area contributed by atoms with Gasteiger partial charge in [0.25, 0.3) is 0 Å². The smallest absolute Gasteiger partial charge is 0.0704 e. The molecule has 0 saturated heterocycles. The van der Waals surface area contributed by atoms with Gasteiger partial charge in [-0.3, -0.25) is 0 Å². The van der Waals surface area contributed by atoms with Crippen LogP contribution in [-0.2, 0) is 61.6 Å². The Kier molecular flexibility index (Phi) is 38.5. The van der Waals surface area contributed by atoms with E-state index in [0.29, 0.717) is 165 Å². The van der Waals surface area contributed by atoms with Crippen LogP contribution in [0.3, 0.4) is 0 Å². The van der Waals surface area contributed by atoms with Crippen molar-refractivity contribution in [2.24, 2.45) is 0 Å². The first-order chi connectivity index (χ1) is 21.3. The Balaban J connectivity index is 3.03. The van der Waals surface area contributed by atoms with Crippen molar-refractivity contribution in [3.8, 4) is 0 Å². The van der Waals surface area contributed by atoms with E-state index in [9.17, 15) is 0 Å². The van der Waals surface area contributed by atoms with Gasteiger partial charge in [0.2, 0.25) is 0 Å². The summed E-state index contributed by atoms with van der Waals surface area (Å²) in [6.07, 6.45) is 1.94. The minimum absolute atomic E-state index is 0.231. The normalized spacial score (nSPS) is 11.6. The molecule has 0 aliphatic heterocycles. The Labute approximate surface area is 259 Å². The van der Waals surface area contributed by atoms with E-state index in [4.69, 9.17) is 61.6 Å². The molecule has 258 valence electrons. The zero-order valence-electron chi connectivity index (χ0n) is 26.8. The van der Waals surface area contributed by atoms with Crippen molar-refractivity contribution >= 4 is 0 Å². The van der Waals surface area contributed by atoms with Gasteiger partial charge in [-0.1, -0.05) is 6.08 Å². The zero-order chi connectivity index (χ0) is 31.2. The van der Waals surface area contributed by atoms with Crippen LogP contribution >= 0.6 is 0 Å². The lowest BCUT2D eigenvalue weighted by atomic mass is 10.5. The molecule has 0 amide bonds. The van der Waals surface area contributed by atoms with Crippen molar-refractivity contribution in [2.75, 3.05) is 165 Å². The fourth-order valence-electron chi connectivity index (χ4n) is 2.93. The molecule has 0 aromatic carbocycles. The maximum atomic E-state index is 5.47. The molecule has 0 aliphatic carbocycles. The van der Waals surface area contributed by atoms with E-state index in [1.807, 2.05) is 13.8 Å².